The molecule has 9 heteroatoms. The van der Waals surface area contributed by atoms with Crippen LogP contribution in [0.2, 0.25) is 0 Å². The van der Waals surface area contributed by atoms with E-state index in [4.69, 9.17) is 14.2 Å². The molecule has 8 nitrogen and oxygen atoms in total. The number of ketones is 1. The fourth-order valence-corrected chi connectivity index (χ4v) is 4.48. The average Bonchev–Trinajstić information content (AvgIpc) is 3.18. The number of aliphatic hydroxyl groups is 1. The number of carbonyl (C=O) groups is 2. The molecule has 1 amide bonds. The molecule has 1 saturated heterocycles. The van der Waals surface area contributed by atoms with Crippen molar-refractivity contribution in [1.29, 1.82) is 0 Å². The molecule has 2 N–H and O–H groups in total. The van der Waals surface area contributed by atoms with Crippen molar-refractivity contribution in [3.8, 4) is 23.0 Å². The predicted octanol–water partition coefficient (Wildman–Crippen LogP) is 4.61. The van der Waals surface area contributed by atoms with Crippen molar-refractivity contribution in [3.05, 3.63) is 88.7 Å². The van der Waals surface area contributed by atoms with Gasteiger partial charge >= 0.3 is 0 Å². The summed E-state index contributed by atoms with van der Waals surface area (Å²) >= 11 is 0. The number of ether oxygens (including phenoxy) is 3. The summed E-state index contributed by atoms with van der Waals surface area (Å²) in [4.78, 5) is 27.9. The number of rotatable bonds is 9. The molecule has 0 aliphatic carbocycles. The Morgan fingerprint density at radius 3 is 2.32 bits per heavy atom. The highest BCUT2D eigenvalue weighted by atomic mass is 19.1. The van der Waals surface area contributed by atoms with Crippen molar-refractivity contribution < 1.29 is 38.4 Å². The van der Waals surface area contributed by atoms with Crippen LogP contribution in [0.5, 0.6) is 23.0 Å². The van der Waals surface area contributed by atoms with Crippen molar-refractivity contribution in [1.82, 2.24) is 4.90 Å². The summed E-state index contributed by atoms with van der Waals surface area (Å²) in [6, 6.07) is 13.9. The van der Waals surface area contributed by atoms with Crippen LogP contribution in [-0.4, -0.2) is 54.2 Å². The predicted molar refractivity (Wildman–Crippen MR) is 138 cm³/mol. The number of hydrogen-bond acceptors (Lipinski definition) is 7. The van der Waals surface area contributed by atoms with E-state index in [2.05, 4.69) is 0 Å². The number of phenols is 1. The minimum atomic E-state index is -0.972. The first-order valence-corrected chi connectivity index (χ1v) is 12.0. The molecule has 0 bridgehead atoms. The number of hydrogen-bond donors (Lipinski definition) is 2. The molecule has 1 fully saturated rings. The first kappa shape index (κ1) is 26.5. The van der Waals surface area contributed by atoms with E-state index < -0.39 is 29.3 Å². The SMILES string of the molecule is CCOc1cc(C2/C(=C(/O)c3ccc(F)cc3)C(=O)C(=O)N2CCc2ccc(OC)c(OC)c2)ccc1O. The molecule has 1 aliphatic heterocycles. The highest BCUT2D eigenvalue weighted by Gasteiger charge is 2.46. The van der Waals surface area contributed by atoms with Gasteiger partial charge in [0.25, 0.3) is 11.7 Å². The lowest BCUT2D eigenvalue weighted by Crippen LogP contribution is -2.31. The zero-order valence-corrected chi connectivity index (χ0v) is 21.2. The second-order valence-electron chi connectivity index (χ2n) is 8.60. The zero-order chi connectivity index (χ0) is 27.4. The maximum atomic E-state index is 13.5. The minimum absolute atomic E-state index is 0.101. The van der Waals surface area contributed by atoms with E-state index >= 15 is 0 Å². The van der Waals surface area contributed by atoms with Gasteiger partial charge in [0.1, 0.15) is 11.6 Å². The topological polar surface area (TPSA) is 106 Å². The quantitative estimate of drug-likeness (QED) is 0.241. The molecule has 1 atom stereocenters. The molecular weight excluding hydrogens is 493 g/mol. The number of Topliss-reactive ketones (excluding diaryl/α,β-unsaturated/α-hetero) is 1. The van der Waals surface area contributed by atoms with Gasteiger partial charge in [-0.1, -0.05) is 12.1 Å². The van der Waals surface area contributed by atoms with E-state index in [1.165, 1.54) is 43.4 Å². The number of aliphatic hydroxyl groups excluding tert-OH is 1. The van der Waals surface area contributed by atoms with Gasteiger partial charge in [-0.05, 0) is 73.0 Å². The lowest BCUT2D eigenvalue weighted by atomic mass is 9.94. The summed E-state index contributed by atoms with van der Waals surface area (Å²) in [7, 11) is 3.06. The summed E-state index contributed by atoms with van der Waals surface area (Å²) in [6.07, 6.45) is 0.372. The molecule has 1 heterocycles. The second-order valence-corrected chi connectivity index (χ2v) is 8.60. The number of methoxy groups -OCH3 is 2. The fraction of sp³-hybridized carbons (Fsp3) is 0.241. The van der Waals surface area contributed by atoms with Crippen LogP contribution < -0.4 is 14.2 Å². The summed E-state index contributed by atoms with van der Waals surface area (Å²) in [5.41, 5.74) is 1.35. The molecule has 198 valence electrons. The van der Waals surface area contributed by atoms with Gasteiger partial charge < -0.3 is 29.3 Å². The van der Waals surface area contributed by atoms with Gasteiger partial charge in [0.15, 0.2) is 23.0 Å². The van der Waals surface area contributed by atoms with Crippen LogP contribution >= 0.6 is 0 Å². The number of nitrogens with zero attached hydrogens (tertiary/aromatic N) is 1. The molecule has 3 aromatic carbocycles. The third-order valence-electron chi connectivity index (χ3n) is 6.35. The van der Waals surface area contributed by atoms with Gasteiger partial charge in [0.05, 0.1) is 32.4 Å². The average molecular weight is 522 g/mol. The Morgan fingerprint density at radius 1 is 0.947 bits per heavy atom. The van der Waals surface area contributed by atoms with Gasteiger partial charge in [0.2, 0.25) is 0 Å². The van der Waals surface area contributed by atoms with Crippen molar-refractivity contribution in [3.63, 3.8) is 0 Å². The van der Waals surface area contributed by atoms with Crippen molar-refractivity contribution >= 4 is 17.4 Å². The summed E-state index contributed by atoms with van der Waals surface area (Å²) in [5, 5.41) is 21.3. The molecule has 38 heavy (non-hydrogen) atoms. The molecule has 0 radical (unpaired) electrons. The summed E-state index contributed by atoms with van der Waals surface area (Å²) in [5.74, 6) is -1.42. The van der Waals surface area contributed by atoms with Crippen LogP contribution in [0, 0.1) is 5.82 Å². The van der Waals surface area contributed by atoms with Crippen molar-refractivity contribution in [2.75, 3.05) is 27.4 Å². The Morgan fingerprint density at radius 2 is 1.66 bits per heavy atom. The number of halogens is 1. The Balaban J connectivity index is 1.78. The number of amides is 1. The van der Waals surface area contributed by atoms with Gasteiger partial charge in [-0.15, -0.1) is 0 Å². The Bertz CT molecular complexity index is 1380. The smallest absolute Gasteiger partial charge is 0.295 e. The molecule has 0 spiro atoms. The van der Waals surface area contributed by atoms with E-state index in [0.29, 0.717) is 23.5 Å². The zero-order valence-electron chi connectivity index (χ0n) is 21.2. The highest BCUT2D eigenvalue weighted by molar-refractivity contribution is 6.46. The number of aromatic hydroxyl groups is 1. The summed E-state index contributed by atoms with van der Waals surface area (Å²) in [6.45, 7) is 2.18. The third-order valence-corrected chi connectivity index (χ3v) is 6.35. The van der Waals surface area contributed by atoms with Gasteiger partial charge in [-0.25, -0.2) is 4.39 Å². The molecule has 0 aromatic heterocycles. The van der Waals surface area contributed by atoms with Gasteiger partial charge in [-0.3, -0.25) is 9.59 Å². The van der Waals surface area contributed by atoms with E-state index in [1.807, 2.05) is 6.07 Å². The summed E-state index contributed by atoms with van der Waals surface area (Å²) < 4.78 is 29.7. The van der Waals surface area contributed by atoms with Crippen molar-refractivity contribution in [2.45, 2.75) is 19.4 Å². The Hall–Kier alpha value is -4.53. The Labute approximate surface area is 219 Å². The number of carbonyl (C=O) groups excluding carboxylic acids is 2. The van der Waals surface area contributed by atoms with Crippen LogP contribution in [0.4, 0.5) is 4.39 Å². The van der Waals surface area contributed by atoms with Crippen LogP contribution in [0.1, 0.15) is 29.7 Å². The molecular formula is C29H28FNO7. The molecule has 0 saturated carbocycles. The van der Waals surface area contributed by atoms with Gasteiger partial charge in [-0.2, -0.15) is 0 Å². The number of benzene rings is 3. The molecule has 1 aliphatic rings. The standard InChI is InChI=1S/C29H28FNO7/c1-4-38-23-16-19(8-11-21(23)32)26-25(27(33)18-6-9-20(30)10-7-18)28(34)29(35)31(26)14-13-17-5-12-22(36-2)24(15-17)37-3/h5-12,15-16,26,32-33H,4,13-14H2,1-3H3/b27-25-. The lowest BCUT2D eigenvalue weighted by Gasteiger charge is -2.26. The van der Waals surface area contributed by atoms with Crippen LogP contribution in [0.25, 0.3) is 5.76 Å². The first-order valence-electron chi connectivity index (χ1n) is 12.0. The minimum Gasteiger partial charge on any atom is -0.507 e. The van der Waals surface area contributed by atoms with E-state index in [1.54, 1.807) is 25.1 Å². The molecule has 4 rings (SSSR count). The van der Waals surface area contributed by atoms with Gasteiger partial charge in [0, 0.05) is 12.1 Å². The maximum absolute atomic E-state index is 13.5. The molecule has 3 aromatic rings. The van der Waals surface area contributed by atoms with E-state index in [0.717, 1.165) is 17.7 Å². The third kappa shape index (κ3) is 5.13. The normalized spacial score (nSPS) is 16.5. The van der Waals surface area contributed by atoms with Crippen molar-refractivity contribution in [2.24, 2.45) is 0 Å². The second kappa shape index (κ2) is 11.2. The van der Waals surface area contributed by atoms with E-state index in [-0.39, 0.29) is 35.8 Å². The number of likely N-dealkylation sites (tertiary alicyclic amines) is 1. The lowest BCUT2D eigenvalue weighted by molar-refractivity contribution is -0.139. The maximum Gasteiger partial charge on any atom is 0.295 e. The largest absolute Gasteiger partial charge is 0.507 e. The van der Waals surface area contributed by atoms with Crippen LogP contribution in [0.15, 0.2) is 66.2 Å². The number of phenolic OH excluding ortho intramolecular Hbond substituents is 1. The van der Waals surface area contributed by atoms with Crippen LogP contribution in [0.3, 0.4) is 0 Å². The van der Waals surface area contributed by atoms with Crippen LogP contribution in [-0.2, 0) is 16.0 Å². The monoisotopic (exact) mass is 521 g/mol. The highest BCUT2D eigenvalue weighted by Crippen LogP contribution is 2.42. The van der Waals surface area contributed by atoms with E-state index in [9.17, 15) is 24.2 Å². The molecule has 1 unspecified atom stereocenters. The Kier molecular flexibility index (Phi) is 7.85. The fourth-order valence-electron chi connectivity index (χ4n) is 4.48. The first-order chi connectivity index (χ1) is 18.3.